The molecule has 1 aliphatic rings. The Balaban J connectivity index is 2.29. The summed E-state index contributed by atoms with van der Waals surface area (Å²) in [7, 11) is 0. The molecule has 0 bridgehead atoms. The average molecular weight is 267 g/mol. The summed E-state index contributed by atoms with van der Waals surface area (Å²) in [6.07, 6.45) is 1.51. The summed E-state index contributed by atoms with van der Waals surface area (Å²) in [6.45, 7) is 0. The number of hydrogen-bond donors (Lipinski definition) is 0. The number of hydrogen-bond acceptors (Lipinski definition) is 2. The molecule has 0 unspecified atom stereocenters. The number of Topliss-reactive ketones (excluding diaryl/α,β-unsaturated/α-hetero) is 2. The van der Waals surface area contributed by atoms with Gasteiger partial charge < -0.3 is 0 Å². The number of benzene rings is 1. The Bertz CT molecular complexity index is 377. The van der Waals surface area contributed by atoms with Crippen LogP contribution in [0, 0.1) is 5.92 Å². The molecule has 0 atom stereocenters. The fourth-order valence-corrected chi connectivity index (χ4v) is 2.27. The van der Waals surface area contributed by atoms with Crippen LogP contribution in [0.2, 0.25) is 0 Å². The minimum atomic E-state index is -0.431. The molecule has 0 aliphatic heterocycles. The third-order valence-corrected chi connectivity index (χ3v) is 3.28. The molecule has 0 N–H and O–H groups in total. The van der Waals surface area contributed by atoms with E-state index in [0.717, 1.165) is 11.8 Å². The van der Waals surface area contributed by atoms with Crippen molar-refractivity contribution in [3.05, 3.63) is 35.4 Å². The fourth-order valence-electron chi connectivity index (χ4n) is 1.95. The quantitative estimate of drug-likeness (QED) is 0.623. The van der Waals surface area contributed by atoms with Crippen molar-refractivity contribution >= 4 is 27.5 Å². The highest BCUT2D eigenvalue weighted by Crippen LogP contribution is 2.29. The summed E-state index contributed by atoms with van der Waals surface area (Å²) < 4.78 is 0. The lowest BCUT2D eigenvalue weighted by atomic mass is 9.98. The van der Waals surface area contributed by atoms with Crippen LogP contribution in [0.4, 0.5) is 0 Å². The van der Waals surface area contributed by atoms with Crippen LogP contribution in [0.25, 0.3) is 0 Å². The number of fused-ring (bicyclic) bond motifs is 1. The first-order chi connectivity index (χ1) is 7.25. The van der Waals surface area contributed by atoms with Gasteiger partial charge in [-0.25, -0.2) is 0 Å². The third-order valence-electron chi connectivity index (χ3n) is 2.72. The zero-order chi connectivity index (χ0) is 10.8. The van der Waals surface area contributed by atoms with E-state index in [-0.39, 0.29) is 11.6 Å². The molecule has 0 heterocycles. The maximum absolute atomic E-state index is 11.9. The van der Waals surface area contributed by atoms with E-state index in [1.807, 2.05) is 0 Å². The summed E-state index contributed by atoms with van der Waals surface area (Å²) in [5.74, 6) is -0.437. The summed E-state index contributed by atoms with van der Waals surface area (Å²) in [6, 6.07) is 7.08. The minimum Gasteiger partial charge on any atom is -0.293 e. The van der Waals surface area contributed by atoms with E-state index in [0.29, 0.717) is 17.5 Å². The number of halogens is 1. The van der Waals surface area contributed by atoms with E-state index in [9.17, 15) is 9.59 Å². The first-order valence-electron chi connectivity index (χ1n) is 4.99. The van der Waals surface area contributed by atoms with Crippen molar-refractivity contribution in [2.24, 2.45) is 5.92 Å². The topological polar surface area (TPSA) is 34.1 Å². The van der Waals surface area contributed by atoms with Crippen LogP contribution in [-0.4, -0.2) is 16.9 Å². The molecule has 0 spiro atoms. The van der Waals surface area contributed by atoms with Gasteiger partial charge in [0, 0.05) is 16.5 Å². The molecular formula is C12H11BrO2. The van der Waals surface area contributed by atoms with E-state index >= 15 is 0 Å². The number of carbonyl (C=O) groups excluding carboxylic acids is 2. The highest BCUT2D eigenvalue weighted by atomic mass is 79.9. The van der Waals surface area contributed by atoms with Crippen LogP contribution in [0.15, 0.2) is 24.3 Å². The lowest BCUT2D eigenvalue weighted by Gasteiger charge is -2.03. The molecule has 3 heteroatoms. The molecule has 15 heavy (non-hydrogen) atoms. The second kappa shape index (κ2) is 4.27. The van der Waals surface area contributed by atoms with E-state index in [1.54, 1.807) is 24.3 Å². The third kappa shape index (κ3) is 1.76. The molecule has 78 valence electrons. The van der Waals surface area contributed by atoms with E-state index in [4.69, 9.17) is 0 Å². The van der Waals surface area contributed by atoms with Crippen molar-refractivity contribution < 1.29 is 9.59 Å². The molecule has 1 aromatic carbocycles. The molecule has 0 radical (unpaired) electrons. The average Bonchev–Trinajstić information content (AvgIpc) is 2.51. The lowest BCUT2D eigenvalue weighted by Crippen LogP contribution is -2.14. The van der Waals surface area contributed by atoms with E-state index in [2.05, 4.69) is 15.9 Å². The standard InChI is InChI=1S/C12H11BrO2/c13-7-3-6-10-11(14)8-4-1-2-5-9(8)12(10)15/h1-2,4-5,10H,3,6-7H2. The maximum Gasteiger partial charge on any atom is 0.174 e. The number of carbonyl (C=O) groups is 2. The zero-order valence-corrected chi connectivity index (χ0v) is 9.79. The molecule has 0 saturated heterocycles. The van der Waals surface area contributed by atoms with E-state index in [1.165, 1.54) is 0 Å². The number of alkyl halides is 1. The predicted octanol–water partition coefficient (Wildman–Crippen LogP) is 2.86. The number of ketones is 2. The van der Waals surface area contributed by atoms with Crippen LogP contribution in [0.5, 0.6) is 0 Å². The smallest absolute Gasteiger partial charge is 0.174 e. The van der Waals surface area contributed by atoms with Crippen molar-refractivity contribution in [3.63, 3.8) is 0 Å². The molecule has 2 nitrogen and oxygen atoms in total. The van der Waals surface area contributed by atoms with Crippen molar-refractivity contribution in [2.75, 3.05) is 5.33 Å². The van der Waals surface area contributed by atoms with Gasteiger partial charge in [0.2, 0.25) is 0 Å². The van der Waals surface area contributed by atoms with Crippen LogP contribution in [0.1, 0.15) is 33.6 Å². The molecule has 0 fully saturated rings. The largest absolute Gasteiger partial charge is 0.293 e. The first-order valence-corrected chi connectivity index (χ1v) is 6.11. The van der Waals surface area contributed by atoms with Gasteiger partial charge in [0.25, 0.3) is 0 Å². The summed E-state index contributed by atoms with van der Waals surface area (Å²) in [5.41, 5.74) is 1.20. The van der Waals surface area contributed by atoms with Crippen LogP contribution >= 0.6 is 15.9 Å². The second-order valence-corrected chi connectivity index (χ2v) is 4.45. The highest BCUT2D eigenvalue weighted by Gasteiger charge is 2.37. The SMILES string of the molecule is O=C1c2ccccc2C(=O)C1CCCBr. The summed E-state index contributed by atoms with van der Waals surface area (Å²) in [5, 5.41) is 0.834. The van der Waals surface area contributed by atoms with Gasteiger partial charge in [-0.1, -0.05) is 40.2 Å². The van der Waals surface area contributed by atoms with Crippen molar-refractivity contribution in [1.29, 1.82) is 0 Å². The molecule has 1 aromatic rings. The number of rotatable bonds is 3. The Morgan fingerprint density at radius 2 is 1.60 bits per heavy atom. The van der Waals surface area contributed by atoms with Gasteiger partial charge in [-0.3, -0.25) is 9.59 Å². The molecule has 1 aliphatic carbocycles. The molecule has 2 rings (SSSR count). The van der Waals surface area contributed by atoms with Gasteiger partial charge in [-0.2, -0.15) is 0 Å². The van der Waals surface area contributed by atoms with E-state index < -0.39 is 5.92 Å². The predicted molar refractivity (Wildman–Crippen MR) is 61.6 cm³/mol. The van der Waals surface area contributed by atoms with Crippen molar-refractivity contribution in [1.82, 2.24) is 0 Å². The normalized spacial score (nSPS) is 15.8. The molecule has 0 saturated carbocycles. The van der Waals surface area contributed by atoms with Crippen LogP contribution < -0.4 is 0 Å². The first kappa shape index (κ1) is 10.6. The molecule has 0 amide bonds. The second-order valence-electron chi connectivity index (χ2n) is 3.66. The highest BCUT2D eigenvalue weighted by molar-refractivity contribution is 9.09. The van der Waals surface area contributed by atoms with Crippen molar-refractivity contribution in [3.8, 4) is 0 Å². The zero-order valence-electron chi connectivity index (χ0n) is 8.20. The molecular weight excluding hydrogens is 256 g/mol. The van der Waals surface area contributed by atoms with Gasteiger partial charge in [-0.15, -0.1) is 0 Å². The lowest BCUT2D eigenvalue weighted by molar-refractivity contribution is 0.0831. The Morgan fingerprint density at radius 3 is 2.07 bits per heavy atom. The summed E-state index contributed by atoms with van der Waals surface area (Å²) >= 11 is 3.31. The van der Waals surface area contributed by atoms with Gasteiger partial charge in [0.05, 0.1) is 5.92 Å². The van der Waals surface area contributed by atoms with Crippen LogP contribution in [-0.2, 0) is 0 Å². The Labute approximate surface area is 96.8 Å². The summed E-state index contributed by atoms with van der Waals surface area (Å²) in [4.78, 5) is 23.8. The van der Waals surface area contributed by atoms with Gasteiger partial charge in [-0.05, 0) is 12.8 Å². The van der Waals surface area contributed by atoms with Crippen LogP contribution in [0.3, 0.4) is 0 Å². The monoisotopic (exact) mass is 266 g/mol. The fraction of sp³-hybridized carbons (Fsp3) is 0.333. The van der Waals surface area contributed by atoms with Crippen molar-refractivity contribution in [2.45, 2.75) is 12.8 Å². The maximum atomic E-state index is 11.9. The Kier molecular flexibility index (Phi) is 3.00. The Morgan fingerprint density at radius 1 is 1.07 bits per heavy atom. The molecule has 0 aromatic heterocycles. The van der Waals surface area contributed by atoms with Gasteiger partial charge in [0.1, 0.15) is 0 Å². The Hall–Kier alpha value is -0.960. The van der Waals surface area contributed by atoms with Gasteiger partial charge >= 0.3 is 0 Å². The van der Waals surface area contributed by atoms with Gasteiger partial charge in [0.15, 0.2) is 11.6 Å². The minimum absolute atomic E-state index is 0.00319.